The summed E-state index contributed by atoms with van der Waals surface area (Å²) in [5.41, 5.74) is 8.69. The van der Waals surface area contributed by atoms with Gasteiger partial charge < -0.3 is 15.4 Å². The number of pyridine rings is 2. The Morgan fingerprint density at radius 2 is 1.86 bits per heavy atom. The Morgan fingerprint density at radius 3 is 2.59 bits per heavy atom. The molecule has 0 spiro atoms. The van der Waals surface area contributed by atoms with E-state index in [-0.39, 0.29) is 12.0 Å². The van der Waals surface area contributed by atoms with Gasteiger partial charge in [0.1, 0.15) is 6.10 Å². The fourth-order valence-corrected chi connectivity index (χ4v) is 3.28. The predicted octanol–water partition coefficient (Wildman–Crippen LogP) is 2.46. The molecule has 1 aliphatic rings. The maximum absolute atomic E-state index is 12.7. The molecule has 7 nitrogen and oxygen atoms in total. The van der Waals surface area contributed by atoms with Crippen LogP contribution in [0.15, 0.2) is 67.0 Å². The Balaban J connectivity index is 1.53. The third kappa shape index (κ3) is 4.14. The molecule has 2 aromatic heterocycles. The van der Waals surface area contributed by atoms with Crippen molar-refractivity contribution in [2.24, 2.45) is 5.73 Å². The van der Waals surface area contributed by atoms with Gasteiger partial charge in [0, 0.05) is 30.1 Å². The summed E-state index contributed by atoms with van der Waals surface area (Å²) in [4.78, 5) is 34.5. The van der Waals surface area contributed by atoms with Crippen molar-refractivity contribution >= 4 is 11.8 Å². The highest BCUT2D eigenvalue weighted by atomic mass is 16.5. The minimum absolute atomic E-state index is 0.0652. The molecule has 1 atom stereocenters. The molecule has 1 aliphatic heterocycles. The molecule has 29 heavy (non-hydrogen) atoms. The molecule has 0 bridgehead atoms. The standard InChI is InChI=1S/C22H20N4O3/c23-21(27)16-8-6-15(7-9-16)18-4-1-5-19(25-18)20-14-26(11-12-29-20)22(28)17-3-2-10-24-13-17/h1-10,13,20H,11-12,14H2,(H2,23,27). The van der Waals surface area contributed by atoms with E-state index in [2.05, 4.69) is 4.98 Å². The van der Waals surface area contributed by atoms with E-state index in [0.717, 1.165) is 17.0 Å². The van der Waals surface area contributed by atoms with E-state index in [0.29, 0.717) is 30.8 Å². The van der Waals surface area contributed by atoms with Gasteiger partial charge in [-0.3, -0.25) is 14.6 Å². The van der Waals surface area contributed by atoms with Crippen molar-refractivity contribution in [3.05, 3.63) is 83.8 Å². The summed E-state index contributed by atoms with van der Waals surface area (Å²) in [6, 6.07) is 16.2. The average Bonchev–Trinajstić information content (AvgIpc) is 2.79. The van der Waals surface area contributed by atoms with Crippen LogP contribution in [0.1, 0.15) is 32.5 Å². The van der Waals surface area contributed by atoms with E-state index in [1.165, 1.54) is 0 Å². The van der Waals surface area contributed by atoms with E-state index in [9.17, 15) is 9.59 Å². The first-order valence-corrected chi connectivity index (χ1v) is 9.30. The summed E-state index contributed by atoms with van der Waals surface area (Å²) in [5, 5.41) is 0. The van der Waals surface area contributed by atoms with Crippen molar-refractivity contribution < 1.29 is 14.3 Å². The minimum atomic E-state index is -0.466. The van der Waals surface area contributed by atoms with Crippen LogP contribution in [0.3, 0.4) is 0 Å². The molecule has 1 unspecified atom stereocenters. The number of primary amides is 1. The summed E-state index contributed by atoms with van der Waals surface area (Å²) in [7, 11) is 0. The first-order chi connectivity index (χ1) is 14.1. The zero-order chi connectivity index (χ0) is 20.2. The average molecular weight is 388 g/mol. The van der Waals surface area contributed by atoms with Crippen LogP contribution in [0.2, 0.25) is 0 Å². The largest absolute Gasteiger partial charge is 0.368 e. The fraction of sp³-hybridized carbons (Fsp3) is 0.182. The van der Waals surface area contributed by atoms with E-state index < -0.39 is 5.91 Å². The van der Waals surface area contributed by atoms with Gasteiger partial charge in [0.05, 0.1) is 30.1 Å². The third-order valence-electron chi connectivity index (χ3n) is 4.83. The van der Waals surface area contributed by atoms with Gasteiger partial charge in [0.15, 0.2) is 0 Å². The number of hydrogen-bond acceptors (Lipinski definition) is 5. The molecule has 0 aliphatic carbocycles. The zero-order valence-electron chi connectivity index (χ0n) is 15.7. The number of carbonyl (C=O) groups excluding carboxylic acids is 2. The Hall–Kier alpha value is -3.58. The quantitative estimate of drug-likeness (QED) is 0.740. The van der Waals surface area contributed by atoms with Gasteiger partial charge in [-0.15, -0.1) is 0 Å². The highest BCUT2D eigenvalue weighted by molar-refractivity contribution is 5.94. The van der Waals surface area contributed by atoms with Crippen LogP contribution in [-0.2, 0) is 4.74 Å². The topological polar surface area (TPSA) is 98.4 Å². The summed E-state index contributed by atoms with van der Waals surface area (Å²) >= 11 is 0. The third-order valence-corrected chi connectivity index (χ3v) is 4.83. The molecule has 3 heterocycles. The molecule has 0 saturated carbocycles. The van der Waals surface area contributed by atoms with Crippen LogP contribution in [0.5, 0.6) is 0 Å². The Kier molecular flexibility index (Phi) is 5.31. The van der Waals surface area contributed by atoms with E-state index in [1.54, 1.807) is 41.6 Å². The molecule has 4 rings (SSSR count). The van der Waals surface area contributed by atoms with Crippen LogP contribution in [-0.4, -0.2) is 46.4 Å². The second-order valence-corrected chi connectivity index (χ2v) is 6.74. The zero-order valence-corrected chi connectivity index (χ0v) is 15.7. The second-order valence-electron chi connectivity index (χ2n) is 6.74. The first-order valence-electron chi connectivity index (χ1n) is 9.30. The molecule has 0 radical (unpaired) electrons. The lowest BCUT2D eigenvalue weighted by molar-refractivity contribution is -0.0246. The summed E-state index contributed by atoms with van der Waals surface area (Å²) < 4.78 is 5.89. The second kappa shape index (κ2) is 8.20. The molecular weight excluding hydrogens is 368 g/mol. The lowest BCUT2D eigenvalue weighted by atomic mass is 10.1. The molecular formula is C22H20N4O3. The van der Waals surface area contributed by atoms with Crippen molar-refractivity contribution in [2.75, 3.05) is 19.7 Å². The summed E-state index contributed by atoms with van der Waals surface area (Å²) in [5.74, 6) is -0.531. The maximum atomic E-state index is 12.7. The SMILES string of the molecule is NC(=O)c1ccc(-c2cccc(C3CN(C(=O)c4cccnc4)CCO3)n2)cc1. The summed E-state index contributed by atoms with van der Waals surface area (Å²) in [6.07, 6.45) is 2.90. The number of benzene rings is 1. The fourth-order valence-electron chi connectivity index (χ4n) is 3.28. The Bertz CT molecular complexity index is 1020. The van der Waals surface area contributed by atoms with Crippen LogP contribution in [0, 0.1) is 0 Å². The molecule has 2 amide bonds. The number of amides is 2. The number of nitrogens with zero attached hydrogens (tertiary/aromatic N) is 3. The van der Waals surface area contributed by atoms with E-state index >= 15 is 0 Å². The van der Waals surface area contributed by atoms with Crippen molar-refractivity contribution in [3.8, 4) is 11.3 Å². The van der Waals surface area contributed by atoms with Gasteiger partial charge in [-0.25, -0.2) is 4.98 Å². The van der Waals surface area contributed by atoms with E-state index in [4.69, 9.17) is 15.5 Å². The maximum Gasteiger partial charge on any atom is 0.255 e. The van der Waals surface area contributed by atoms with Crippen molar-refractivity contribution in [2.45, 2.75) is 6.10 Å². The lowest BCUT2D eigenvalue weighted by Crippen LogP contribution is -2.42. The van der Waals surface area contributed by atoms with Gasteiger partial charge in [0.25, 0.3) is 5.91 Å². The first kappa shape index (κ1) is 18.8. The normalized spacial score (nSPS) is 16.4. The van der Waals surface area contributed by atoms with Gasteiger partial charge in [0.2, 0.25) is 5.91 Å². The molecule has 3 aromatic rings. The number of aromatic nitrogens is 2. The number of ether oxygens (including phenoxy) is 1. The Morgan fingerprint density at radius 1 is 1.03 bits per heavy atom. The van der Waals surface area contributed by atoms with Crippen LogP contribution < -0.4 is 5.73 Å². The molecule has 2 N–H and O–H groups in total. The number of hydrogen-bond donors (Lipinski definition) is 1. The number of nitrogens with two attached hydrogens (primary N) is 1. The van der Waals surface area contributed by atoms with Crippen molar-refractivity contribution in [1.82, 2.24) is 14.9 Å². The van der Waals surface area contributed by atoms with Gasteiger partial charge >= 0.3 is 0 Å². The van der Waals surface area contributed by atoms with E-state index in [1.807, 2.05) is 30.3 Å². The monoisotopic (exact) mass is 388 g/mol. The minimum Gasteiger partial charge on any atom is -0.368 e. The Labute approximate surface area is 168 Å². The summed E-state index contributed by atoms with van der Waals surface area (Å²) in [6.45, 7) is 1.39. The number of carbonyl (C=O) groups is 2. The highest BCUT2D eigenvalue weighted by Crippen LogP contribution is 2.25. The molecule has 146 valence electrons. The number of morpholine rings is 1. The van der Waals surface area contributed by atoms with Gasteiger partial charge in [-0.1, -0.05) is 18.2 Å². The molecule has 7 heteroatoms. The predicted molar refractivity (Wildman–Crippen MR) is 107 cm³/mol. The van der Waals surface area contributed by atoms with Gasteiger partial charge in [-0.05, 0) is 36.4 Å². The molecule has 1 fully saturated rings. The molecule has 1 saturated heterocycles. The highest BCUT2D eigenvalue weighted by Gasteiger charge is 2.27. The lowest BCUT2D eigenvalue weighted by Gasteiger charge is -2.32. The van der Waals surface area contributed by atoms with Crippen molar-refractivity contribution in [1.29, 1.82) is 0 Å². The molecule has 1 aromatic carbocycles. The van der Waals surface area contributed by atoms with Crippen LogP contribution >= 0.6 is 0 Å². The smallest absolute Gasteiger partial charge is 0.255 e. The van der Waals surface area contributed by atoms with Crippen LogP contribution in [0.4, 0.5) is 0 Å². The number of rotatable bonds is 4. The van der Waals surface area contributed by atoms with Crippen LogP contribution in [0.25, 0.3) is 11.3 Å². The van der Waals surface area contributed by atoms with Gasteiger partial charge in [-0.2, -0.15) is 0 Å². The van der Waals surface area contributed by atoms with Crippen molar-refractivity contribution in [3.63, 3.8) is 0 Å².